The van der Waals surface area contributed by atoms with Gasteiger partial charge in [0.2, 0.25) is 5.91 Å². The first kappa shape index (κ1) is 20.0. The van der Waals surface area contributed by atoms with E-state index in [1.54, 1.807) is 54.9 Å². The third-order valence-electron chi connectivity index (χ3n) is 4.66. The van der Waals surface area contributed by atoms with Crippen molar-refractivity contribution in [3.63, 3.8) is 0 Å². The number of carbonyl (C=O) groups is 2. The van der Waals surface area contributed by atoms with Gasteiger partial charge in [-0.3, -0.25) is 14.6 Å². The molecule has 3 aromatic carbocycles. The van der Waals surface area contributed by atoms with Gasteiger partial charge < -0.3 is 16.0 Å². The van der Waals surface area contributed by atoms with Gasteiger partial charge in [-0.05, 0) is 47.9 Å². The number of amides is 2. The number of hydrogen-bond donors (Lipinski definition) is 3. The number of nitrogens with zero attached hydrogens (tertiary/aromatic N) is 1. The van der Waals surface area contributed by atoms with Crippen LogP contribution < -0.4 is 16.0 Å². The minimum atomic E-state index is -0.521. The Labute approximate surface area is 178 Å². The van der Waals surface area contributed by atoms with Crippen molar-refractivity contribution in [3.8, 4) is 0 Å². The van der Waals surface area contributed by atoms with Crippen LogP contribution in [0.5, 0.6) is 0 Å². The lowest BCUT2D eigenvalue weighted by atomic mass is 10.1. The number of hydrogen-bond acceptors (Lipinski definition) is 4. The highest BCUT2D eigenvalue weighted by Gasteiger charge is 2.14. The summed E-state index contributed by atoms with van der Waals surface area (Å²) in [6.07, 6.45) is 3.45. The summed E-state index contributed by atoms with van der Waals surface area (Å²) in [5, 5.41) is 10.3. The Balaban J connectivity index is 1.41. The van der Waals surface area contributed by atoms with Crippen molar-refractivity contribution in [2.45, 2.75) is 0 Å². The van der Waals surface area contributed by atoms with E-state index >= 15 is 0 Å². The SMILES string of the molecule is O=C(CNc1ccccc1C(=O)Nc1ccccc1F)Nc1ccc2cnccc2c1. The Kier molecular flexibility index (Phi) is 5.84. The number of halogens is 1. The minimum absolute atomic E-state index is 0.0433. The van der Waals surface area contributed by atoms with Crippen LogP contribution in [0.4, 0.5) is 21.5 Å². The molecule has 0 radical (unpaired) electrons. The molecule has 0 atom stereocenters. The van der Waals surface area contributed by atoms with Gasteiger partial charge in [0.1, 0.15) is 5.82 Å². The van der Waals surface area contributed by atoms with Crippen molar-refractivity contribution >= 4 is 39.6 Å². The second-order valence-corrected chi connectivity index (χ2v) is 6.82. The van der Waals surface area contributed by atoms with E-state index in [0.29, 0.717) is 16.9 Å². The second kappa shape index (κ2) is 9.04. The molecule has 1 aromatic heterocycles. The van der Waals surface area contributed by atoms with Gasteiger partial charge in [0, 0.05) is 29.2 Å². The number of benzene rings is 3. The largest absolute Gasteiger partial charge is 0.376 e. The Morgan fingerprint density at radius 3 is 2.45 bits per heavy atom. The van der Waals surface area contributed by atoms with E-state index in [2.05, 4.69) is 20.9 Å². The van der Waals surface area contributed by atoms with Gasteiger partial charge in [0.05, 0.1) is 17.8 Å². The van der Waals surface area contributed by atoms with E-state index in [4.69, 9.17) is 0 Å². The number of para-hydroxylation sites is 2. The van der Waals surface area contributed by atoms with Crippen molar-refractivity contribution in [2.24, 2.45) is 0 Å². The van der Waals surface area contributed by atoms with Crippen molar-refractivity contribution in [3.05, 3.63) is 96.6 Å². The van der Waals surface area contributed by atoms with E-state index in [-0.39, 0.29) is 18.1 Å². The quantitative estimate of drug-likeness (QED) is 0.428. The van der Waals surface area contributed by atoms with Crippen molar-refractivity contribution < 1.29 is 14.0 Å². The molecule has 3 N–H and O–H groups in total. The highest BCUT2D eigenvalue weighted by atomic mass is 19.1. The molecule has 4 aromatic rings. The Bertz CT molecular complexity index is 1260. The van der Waals surface area contributed by atoms with Gasteiger partial charge in [-0.1, -0.05) is 30.3 Å². The molecular formula is C24H19FN4O2. The zero-order chi connectivity index (χ0) is 21.6. The molecule has 0 fully saturated rings. The number of aromatic nitrogens is 1. The number of rotatable bonds is 6. The third kappa shape index (κ3) is 4.84. The molecule has 0 aliphatic heterocycles. The van der Waals surface area contributed by atoms with Crippen LogP contribution in [-0.4, -0.2) is 23.3 Å². The molecule has 0 spiro atoms. The first-order chi connectivity index (χ1) is 15.1. The summed E-state index contributed by atoms with van der Waals surface area (Å²) in [5.41, 5.74) is 1.52. The van der Waals surface area contributed by atoms with E-state index in [1.165, 1.54) is 12.1 Å². The summed E-state index contributed by atoms with van der Waals surface area (Å²) in [6.45, 7) is -0.0433. The van der Waals surface area contributed by atoms with Gasteiger partial charge in [0.25, 0.3) is 5.91 Å². The Hall–Kier alpha value is -4.26. The van der Waals surface area contributed by atoms with Crippen molar-refractivity contribution in [1.82, 2.24) is 4.98 Å². The highest BCUT2D eigenvalue weighted by Crippen LogP contribution is 2.20. The van der Waals surface area contributed by atoms with E-state index in [0.717, 1.165) is 10.8 Å². The Morgan fingerprint density at radius 2 is 1.61 bits per heavy atom. The predicted molar refractivity (Wildman–Crippen MR) is 120 cm³/mol. The summed E-state index contributed by atoms with van der Waals surface area (Å²) in [4.78, 5) is 29.1. The van der Waals surface area contributed by atoms with Gasteiger partial charge in [0.15, 0.2) is 0 Å². The molecule has 4 rings (SSSR count). The normalized spacial score (nSPS) is 10.5. The van der Waals surface area contributed by atoms with Gasteiger partial charge in [-0.15, -0.1) is 0 Å². The van der Waals surface area contributed by atoms with Gasteiger partial charge >= 0.3 is 0 Å². The van der Waals surface area contributed by atoms with Crippen LogP contribution in [0.2, 0.25) is 0 Å². The summed E-state index contributed by atoms with van der Waals surface area (Å²) in [5.74, 6) is -1.26. The molecule has 2 amide bonds. The van der Waals surface area contributed by atoms with Crippen LogP contribution in [0.3, 0.4) is 0 Å². The number of fused-ring (bicyclic) bond motifs is 1. The number of anilines is 3. The van der Waals surface area contributed by atoms with Crippen LogP contribution in [0.25, 0.3) is 10.8 Å². The zero-order valence-electron chi connectivity index (χ0n) is 16.4. The maximum atomic E-state index is 13.8. The maximum Gasteiger partial charge on any atom is 0.257 e. The first-order valence-corrected chi connectivity index (χ1v) is 9.62. The second-order valence-electron chi connectivity index (χ2n) is 6.82. The molecule has 7 heteroatoms. The topological polar surface area (TPSA) is 83.1 Å². The van der Waals surface area contributed by atoms with Crippen LogP contribution in [0, 0.1) is 5.82 Å². The molecule has 0 saturated carbocycles. The number of nitrogens with one attached hydrogen (secondary N) is 3. The van der Waals surface area contributed by atoms with E-state index < -0.39 is 11.7 Å². The van der Waals surface area contributed by atoms with Crippen molar-refractivity contribution in [2.75, 3.05) is 22.5 Å². The average Bonchev–Trinajstić information content (AvgIpc) is 2.79. The van der Waals surface area contributed by atoms with Crippen molar-refractivity contribution in [1.29, 1.82) is 0 Å². The summed E-state index contributed by atoms with van der Waals surface area (Å²) >= 11 is 0. The monoisotopic (exact) mass is 414 g/mol. The molecule has 154 valence electrons. The molecule has 31 heavy (non-hydrogen) atoms. The van der Waals surface area contributed by atoms with E-state index in [1.807, 2.05) is 18.2 Å². The average molecular weight is 414 g/mol. The third-order valence-corrected chi connectivity index (χ3v) is 4.66. The first-order valence-electron chi connectivity index (χ1n) is 9.62. The molecule has 6 nitrogen and oxygen atoms in total. The van der Waals surface area contributed by atoms with Crippen LogP contribution in [-0.2, 0) is 4.79 Å². The lowest BCUT2D eigenvalue weighted by molar-refractivity contribution is -0.114. The maximum absolute atomic E-state index is 13.8. The molecule has 0 bridgehead atoms. The lowest BCUT2D eigenvalue weighted by Gasteiger charge is -2.13. The van der Waals surface area contributed by atoms with Crippen LogP contribution in [0.1, 0.15) is 10.4 Å². The fraction of sp³-hybridized carbons (Fsp3) is 0.0417. The molecular weight excluding hydrogens is 395 g/mol. The smallest absolute Gasteiger partial charge is 0.257 e. The lowest BCUT2D eigenvalue weighted by Crippen LogP contribution is -2.23. The van der Waals surface area contributed by atoms with Gasteiger partial charge in [-0.2, -0.15) is 0 Å². The van der Waals surface area contributed by atoms with E-state index in [9.17, 15) is 14.0 Å². The molecule has 1 heterocycles. The standard InChI is InChI=1S/C24H19FN4O2/c25-20-6-2-4-8-22(20)29-24(31)19-5-1-3-7-21(19)27-15-23(30)28-18-10-9-17-14-26-12-11-16(17)13-18/h1-14,27H,15H2,(H,28,30)(H,29,31). The Morgan fingerprint density at radius 1 is 0.839 bits per heavy atom. The molecule has 0 saturated heterocycles. The number of pyridine rings is 1. The fourth-order valence-corrected chi connectivity index (χ4v) is 3.13. The molecule has 0 unspecified atom stereocenters. The van der Waals surface area contributed by atoms with Crippen LogP contribution in [0.15, 0.2) is 85.2 Å². The fourth-order valence-electron chi connectivity index (χ4n) is 3.13. The predicted octanol–water partition coefficient (Wildman–Crippen LogP) is 4.68. The minimum Gasteiger partial charge on any atom is -0.376 e. The molecule has 0 aliphatic carbocycles. The zero-order valence-corrected chi connectivity index (χ0v) is 16.4. The molecule has 0 aliphatic rings. The summed E-state index contributed by atoms with van der Waals surface area (Å²) in [7, 11) is 0. The highest BCUT2D eigenvalue weighted by molar-refractivity contribution is 6.08. The summed E-state index contributed by atoms with van der Waals surface area (Å²) in [6, 6.07) is 20.1. The number of carbonyl (C=O) groups excluding carboxylic acids is 2. The summed E-state index contributed by atoms with van der Waals surface area (Å²) < 4.78 is 13.8. The van der Waals surface area contributed by atoms with Gasteiger partial charge in [-0.25, -0.2) is 4.39 Å². The van der Waals surface area contributed by atoms with Crippen LogP contribution >= 0.6 is 0 Å².